The largest absolute Gasteiger partial charge is 0.329 e. The van der Waals surface area contributed by atoms with E-state index in [0.29, 0.717) is 5.54 Å². The molecule has 0 amide bonds. The van der Waals surface area contributed by atoms with Crippen molar-refractivity contribution in [3.8, 4) is 0 Å². The van der Waals surface area contributed by atoms with Gasteiger partial charge in [-0.05, 0) is 44.6 Å². The summed E-state index contributed by atoms with van der Waals surface area (Å²) in [6, 6.07) is 0.908. The summed E-state index contributed by atoms with van der Waals surface area (Å²) in [4.78, 5) is 5.47. The molecule has 104 valence electrons. The molecular formula is C15H29N3. The van der Waals surface area contributed by atoms with Crippen LogP contribution < -0.4 is 5.73 Å². The summed E-state index contributed by atoms with van der Waals surface area (Å²) in [6.45, 7) is 8.30. The summed E-state index contributed by atoms with van der Waals surface area (Å²) >= 11 is 0. The average molecular weight is 251 g/mol. The fourth-order valence-electron chi connectivity index (χ4n) is 4.02. The second-order valence-electron chi connectivity index (χ2n) is 6.74. The Morgan fingerprint density at radius 3 is 2.72 bits per heavy atom. The SMILES string of the molecule is CCC1CCCN(C2(CN)CCN(C3CC3)C2)C1. The first-order valence-corrected chi connectivity index (χ1v) is 7.96. The minimum atomic E-state index is 0.316. The van der Waals surface area contributed by atoms with Crippen molar-refractivity contribution in [3.05, 3.63) is 0 Å². The van der Waals surface area contributed by atoms with Crippen molar-refractivity contribution in [1.82, 2.24) is 9.80 Å². The maximum atomic E-state index is 6.20. The Hall–Kier alpha value is -0.120. The van der Waals surface area contributed by atoms with E-state index >= 15 is 0 Å². The minimum Gasteiger partial charge on any atom is -0.329 e. The zero-order valence-electron chi connectivity index (χ0n) is 11.9. The topological polar surface area (TPSA) is 32.5 Å². The Morgan fingerprint density at radius 1 is 1.22 bits per heavy atom. The van der Waals surface area contributed by atoms with Crippen molar-refractivity contribution < 1.29 is 0 Å². The molecule has 3 aliphatic rings. The molecule has 2 atom stereocenters. The molecule has 3 nitrogen and oxygen atoms in total. The average Bonchev–Trinajstić information content (AvgIpc) is 3.19. The Morgan fingerprint density at radius 2 is 2.06 bits per heavy atom. The smallest absolute Gasteiger partial charge is 0.0470 e. The van der Waals surface area contributed by atoms with Crippen LogP contribution in [-0.4, -0.2) is 54.1 Å². The number of hydrogen-bond donors (Lipinski definition) is 1. The fourth-order valence-corrected chi connectivity index (χ4v) is 4.02. The lowest BCUT2D eigenvalue weighted by atomic mass is 9.88. The van der Waals surface area contributed by atoms with Gasteiger partial charge in [0, 0.05) is 37.8 Å². The van der Waals surface area contributed by atoms with Crippen LogP contribution in [0, 0.1) is 5.92 Å². The summed E-state index contributed by atoms with van der Waals surface area (Å²) in [6.07, 6.45) is 8.31. The van der Waals surface area contributed by atoms with Gasteiger partial charge >= 0.3 is 0 Å². The van der Waals surface area contributed by atoms with E-state index in [1.54, 1.807) is 0 Å². The standard InChI is InChI=1S/C15H29N3/c1-2-13-4-3-8-18(10-13)15(11-16)7-9-17(12-15)14-5-6-14/h13-14H,2-12,16H2,1H3. The number of likely N-dealkylation sites (tertiary alicyclic amines) is 2. The van der Waals surface area contributed by atoms with E-state index < -0.39 is 0 Å². The highest BCUT2D eigenvalue weighted by molar-refractivity contribution is 5.04. The molecule has 2 heterocycles. The lowest BCUT2D eigenvalue weighted by molar-refractivity contribution is 0.0508. The van der Waals surface area contributed by atoms with E-state index in [4.69, 9.17) is 5.73 Å². The third-order valence-corrected chi connectivity index (χ3v) is 5.57. The predicted molar refractivity (Wildman–Crippen MR) is 75.6 cm³/mol. The molecule has 1 aliphatic carbocycles. The number of rotatable bonds is 4. The van der Waals surface area contributed by atoms with Crippen LogP contribution in [0.2, 0.25) is 0 Å². The second-order valence-corrected chi connectivity index (χ2v) is 6.74. The van der Waals surface area contributed by atoms with Crippen LogP contribution in [0.4, 0.5) is 0 Å². The molecule has 0 spiro atoms. The van der Waals surface area contributed by atoms with Gasteiger partial charge in [-0.15, -0.1) is 0 Å². The van der Waals surface area contributed by atoms with Crippen LogP contribution in [0.5, 0.6) is 0 Å². The Bertz CT molecular complexity index is 289. The van der Waals surface area contributed by atoms with E-state index in [-0.39, 0.29) is 0 Å². The Kier molecular flexibility index (Phi) is 3.65. The van der Waals surface area contributed by atoms with Crippen molar-refractivity contribution in [1.29, 1.82) is 0 Å². The third-order valence-electron chi connectivity index (χ3n) is 5.57. The molecule has 3 fully saturated rings. The van der Waals surface area contributed by atoms with E-state index in [2.05, 4.69) is 16.7 Å². The van der Waals surface area contributed by atoms with Crippen LogP contribution in [0.1, 0.15) is 45.4 Å². The summed E-state index contributed by atoms with van der Waals surface area (Å²) in [5.41, 5.74) is 6.52. The van der Waals surface area contributed by atoms with Gasteiger partial charge in [0.15, 0.2) is 0 Å². The van der Waals surface area contributed by atoms with Crippen LogP contribution in [0.3, 0.4) is 0 Å². The monoisotopic (exact) mass is 251 g/mol. The molecule has 3 rings (SSSR count). The van der Waals surface area contributed by atoms with Crippen LogP contribution >= 0.6 is 0 Å². The first kappa shape index (κ1) is 12.9. The van der Waals surface area contributed by atoms with Gasteiger partial charge in [-0.3, -0.25) is 9.80 Å². The summed E-state index contributed by atoms with van der Waals surface area (Å²) in [7, 11) is 0. The normalized spacial score (nSPS) is 39.3. The molecule has 0 bridgehead atoms. The molecule has 3 heteroatoms. The van der Waals surface area contributed by atoms with Crippen LogP contribution in [0.25, 0.3) is 0 Å². The van der Waals surface area contributed by atoms with Crippen molar-refractivity contribution >= 4 is 0 Å². The Balaban J connectivity index is 1.67. The van der Waals surface area contributed by atoms with Gasteiger partial charge in [-0.2, -0.15) is 0 Å². The first-order valence-electron chi connectivity index (χ1n) is 7.96. The van der Waals surface area contributed by atoms with E-state index in [9.17, 15) is 0 Å². The highest BCUT2D eigenvalue weighted by atomic mass is 15.3. The molecule has 1 saturated carbocycles. The van der Waals surface area contributed by atoms with Gasteiger partial charge in [0.1, 0.15) is 0 Å². The highest BCUT2D eigenvalue weighted by Gasteiger charge is 2.46. The third kappa shape index (κ3) is 2.33. The maximum Gasteiger partial charge on any atom is 0.0470 e. The first-order chi connectivity index (χ1) is 8.77. The van der Waals surface area contributed by atoms with Gasteiger partial charge in [0.2, 0.25) is 0 Å². The van der Waals surface area contributed by atoms with Gasteiger partial charge in [0.25, 0.3) is 0 Å². The van der Waals surface area contributed by atoms with Gasteiger partial charge < -0.3 is 5.73 Å². The quantitative estimate of drug-likeness (QED) is 0.825. The predicted octanol–water partition coefficient (Wildman–Crippen LogP) is 1.67. The maximum absolute atomic E-state index is 6.20. The zero-order chi connectivity index (χ0) is 12.6. The number of nitrogens with two attached hydrogens (primary N) is 1. The van der Waals surface area contributed by atoms with E-state index in [1.807, 2.05) is 0 Å². The van der Waals surface area contributed by atoms with Gasteiger partial charge in [-0.25, -0.2) is 0 Å². The minimum absolute atomic E-state index is 0.316. The Labute approximate surface area is 112 Å². The molecule has 2 aliphatic heterocycles. The van der Waals surface area contributed by atoms with Crippen LogP contribution in [-0.2, 0) is 0 Å². The van der Waals surface area contributed by atoms with E-state index in [0.717, 1.165) is 18.5 Å². The van der Waals surface area contributed by atoms with Crippen molar-refractivity contribution in [3.63, 3.8) is 0 Å². The molecule has 2 saturated heterocycles. The fraction of sp³-hybridized carbons (Fsp3) is 1.00. The molecule has 0 aromatic rings. The van der Waals surface area contributed by atoms with Crippen molar-refractivity contribution in [2.45, 2.75) is 57.0 Å². The lowest BCUT2D eigenvalue weighted by Gasteiger charge is -2.45. The molecule has 0 aromatic heterocycles. The number of piperidine rings is 1. The molecule has 0 radical (unpaired) electrons. The number of hydrogen-bond acceptors (Lipinski definition) is 3. The molecule has 2 N–H and O–H groups in total. The highest BCUT2D eigenvalue weighted by Crippen LogP contribution is 2.37. The molecule has 0 aromatic carbocycles. The molecule has 2 unspecified atom stereocenters. The van der Waals surface area contributed by atoms with Gasteiger partial charge in [0.05, 0.1) is 0 Å². The second kappa shape index (κ2) is 5.10. The zero-order valence-corrected chi connectivity index (χ0v) is 11.9. The van der Waals surface area contributed by atoms with Crippen molar-refractivity contribution in [2.75, 3.05) is 32.7 Å². The van der Waals surface area contributed by atoms with Crippen LogP contribution in [0.15, 0.2) is 0 Å². The summed E-state index contributed by atoms with van der Waals surface area (Å²) in [5, 5.41) is 0. The number of nitrogens with zero attached hydrogens (tertiary/aromatic N) is 2. The summed E-state index contributed by atoms with van der Waals surface area (Å²) < 4.78 is 0. The molecule has 18 heavy (non-hydrogen) atoms. The lowest BCUT2D eigenvalue weighted by Crippen LogP contribution is -2.58. The van der Waals surface area contributed by atoms with E-state index in [1.165, 1.54) is 64.7 Å². The van der Waals surface area contributed by atoms with Crippen molar-refractivity contribution in [2.24, 2.45) is 11.7 Å². The molecular weight excluding hydrogens is 222 g/mol. The summed E-state index contributed by atoms with van der Waals surface area (Å²) in [5.74, 6) is 0.914. The van der Waals surface area contributed by atoms with Gasteiger partial charge in [-0.1, -0.05) is 13.3 Å².